The lowest BCUT2D eigenvalue weighted by atomic mass is 10.1. The van der Waals surface area contributed by atoms with E-state index < -0.39 is 0 Å². The average molecular weight is 717 g/mol. The van der Waals surface area contributed by atoms with Crippen LogP contribution in [0.15, 0.2) is 126 Å². The number of phenols is 1. The van der Waals surface area contributed by atoms with E-state index in [0.717, 1.165) is 64.3 Å². The molecule has 51 heavy (non-hydrogen) atoms. The first kappa shape index (κ1) is 38.5. The fraction of sp³-hybridized carbons (Fsp3) is 0.209. The number of hydrogen-bond donors (Lipinski definition) is 1. The number of hydrogen-bond acceptors (Lipinski definition) is 8. The lowest BCUT2D eigenvalue weighted by Crippen LogP contribution is -2.01. The molecule has 0 aliphatic rings. The number of carbonyl (C=O) groups is 2. The summed E-state index contributed by atoms with van der Waals surface area (Å²) in [6, 6.07) is 29.2. The first-order valence-corrected chi connectivity index (χ1v) is 18.5. The van der Waals surface area contributed by atoms with Crippen LogP contribution in [0, 0.1) is 23.7 Å². The number of esters is 2. The highest BCUT2D eigenvalue weighted by atomic mass is 32.2. The SMILES string of the molecule is C=CC(=O)OCCCCSc1ccc(C#Cc2ccc(COc3ccc(C#Cc4ccc(SCCCCOC(=O)C=C)cc4)cc3O)cc2)cc1. The molecule has 0 aromatic heterocycles. The van der Waals surface area contributed by atoms with Crippen LogP contribution in [-0.2, 0) is 25.7 Å². The van der Waals surface area contributed by atoms with E-state index in [1.807, 2.05) is 66.7 Å². The zero-order valence-electron chi connectivity index (χ0n) is 28.4. The molecule has 8 heteroatoms. The van der Waals surface area contributed by atoms with Crippen LogP contribution in [0.4, 0.5) is 0 Å². The summed E-state index contributed by atoms with van der Waals surface area (Å²) in [5.41, 5.74) is 4.36. The number of carbonyl (C=O) groups excluding carboxylic acids is 2. The van der Waals surface area contributed by atoms with Crippen molar-refractivity contribution in [2.75, 3.05) is 24.7 Å². The standard InChI is InChI=1S/C43H40O6S2/c1-3-42(45)47-27-5-7-29-50-38-22-17-34(18-23-38)10-9-33-12-15-37(16-13-33)32-49-41-26-21-36(31-40(41)44)14-11-35-19-24-39(25-20-35)51-30-8-6-28-48-43(46)4-2/h3-4,12-13,15-26,31,44H,1-2,5-8,27-30,32H2. The average Bonchev–Trinajstić information content (AvgIpc) is 3.16. The lowest BCUT2D eigenvalue weighted by molar-refractivity contribution is -0.138. The van der Waals surface area contributed by atoms with Gasteiger partial charge in [0.25, 0.3) is 0 Å². The maximum atomic E-state index is 11.1. The molecule has 4 aromatic rings. The Kier molecular flexibility index (Phi) is 16.4. The van der Waals surface area contributed by atoms with Crippen molar-refractivity contribution in [1.82, 2.24) is 0 Å². The number of rotatable bonds is 17. The van der Waals surface area contributed by atoms with Gasteiger partial charge in [0, 0.05) is 44.2 Å². The summed E-state index contributed by atoms with van der Waals surface area (Å²) in [5, 5.41) is 10.6. The van der Waals surface area contributed by atoms with Crippen molar-refractivity contribution in [3.63, 3.8) is 0 Å². The van der Waals surface area contributed by atoms with Gasteiger partial charge in [-0.15, -0.1) is 23.5 Å². The monoisotopic (exact) mass is 716 g/mol. The smallest absolute Gasteiger partial charge is 0.330 e. The molecule has 0 bridgehead atoms. The van der Waals surface area contributed by atoms with Crippen molar-refractivity contribution in [3.8, 4) is 35.2 Å². The molecule has 0 radical (unpaired) electrons. The molecule has 0 heterocycles. The summed E-state index contributed by atoms with van der Waals surface area (Å²) in [5.74, 6) is 14.2. The first-order chi connectivity index (χ1) is 24.9. The third-order valence-corrected chi connectivity index (χ3v) is 9.35. The number of ether oxygens (including phenoxy) is 3. The van der Waals surface area contributed by atoms with E-state index >= 15 is 0 Å². The van der Waals surface area contributed by atoms with E-state index in [4.69, 9.17) is 14.2 Å². The number of thioether (sulfide) groups is 2. The number of phenolic OH excluding ortho intramolecular Hbond substituents is 1. The minimum absolute atomic E-state index is 0.0336. The molecule has 4 aromatic carbocycles. The van der Waals surface area contributed by atoms with Crippen molar-refractivity contribution in [3.05, 3.63) is 144 Å². The van der Waals surface area contributed by atoms with Crippen LogP contribution in [-0.4, -0.2) is 41.8 Å². The van der Waals surface area contributed by atoms with E-state index in [9.17, 15) is 14.7 Å². The number of benzene rings is 4. The van der Waals surface area contributed by atoms with E-state index in [2.05, 4.69) is 49.0 Å². The van der Waals surface area contributed by atoms with Gasteiger partial charge in [-0.3, -0.25) is 0 Å². The number of aromatic hydroxyl groups is 1. The molecule has 0 amide bonds. The molecule has 0 fully saturated rings. The molecular formula is C43H40O6S2. The second-order valence-electron chi connectivity index (χ2n) is 11.1. The van der Waals surface area contributed by atoms with E-state index in [1.54, 1.807) is 35.7 Å². The van der Waals surface area contributed by atoms with Crippen LogP contribution in [0.2, 0.25) is 0 Å². The normalized spacial score (nSPS) is 10.1. The topological polar surface area (TPSA) is 82.1 Å². The second-order valence-corrected chi connectivity index (χ2v) is 13.4. The zero-order chi connectivity index (χ0) is 36.1. The van der Waals surface area contributed by atoms with Crippen molar-refractivity contribution >= 4 is 35.5 Å². The van der Waals surface area contributed by atoms with Crippen molar-refractivity contribution in [2.24, 2.45) is 0 Å². The molecule has 0 aliphatic heterocycles. The molecule has 0 saturated carbocycles. The van der Waals surface area contributed by atoms with Gasteiger partial charge in [0.05, 0.1) is 13.2 Å². The molecule has 0 spiro atoms. The highest BCUT2D eigenvalue weighted by molar-refractivity contribution is 7.99. The number of unbranched alkanes of at least 4 members (excludes halogenated alkanes) is 2. The van der Waals surface area contributed by atoms with Crippen molar-refractivity contribution in [2.45, 2.75) is 42.1 Å². The fourth-order valence-corrected chi connectivity index (χ4v) is 6.20. The van der Waals surface area contributed by atoms with Gasteiger partial charge in [-0.2, -0.15) is 0 Å². The quantitative estimate of drug-likeness (QED) is 0.0382. The minimum Gasteiger partial charge on any atom is -0.504 e. The highest BCUT2D eigenvalue weighted by Crippen LogP contribution is 2.28. The van der Waals surface area contributed by atoms with Gasteiger partial charge in [0.15, 0.2) is 11.5 Å². The van der Waals surface area contributed by atoms with Crippen molar-refractivity contribution < 1.29 is 28.9 Å². The molecular weight excluding hydrogens is 677 g/mol. The predicted octanol–water partition coefficient (Wildman–Crippen LogP) is 8.97. The van der Waals surface area contributed by atoms with Crippen LogP contribution < -0.4 is 4.74 Å². The Bertz CT molecular complexity index is 1880. The van der Waals surface area contributed by atoms with Gasteiger partial charge in [0.1, 0.15) is 6.61 Å². The first-order valence-electron chi connectivity index (χ1n) is 16.5. The Balaban J connectivity index is 1.17. The molecule has 1 N–H and O–H groups in total. The maximum absolute atomic E-state index is 11.1. The van der Waals surface area contributed by atoms with Gasteiger partial charge in [-0.05, 0) is 122 Å². The fourth-order valence-electron chi connectivity index (χ4n) is 4.37. The summed E-state index contributed by atoms with van der Waals surface area (Å²) in [6.45, 7) is 7.91. The Morgan fingerprint density at radius 1 is 0.608 bits per heavy atom. The van der Waals surface area contributed by atoms with Gasteiger partial charge < -0.3 is 19.3 Å². The Morgan fingerprint density at radius 2 is 1.04 bits per heavy atom. The summed E-state index contributed by atoms with van der Waals surface area (Å²) < 4.78 is 15.9. The van der Waals surface area contributed by atoms with E-state index in [-0.39, 0.29) is 17.7 Å². The Morgan fingerprint density at radius 3 is 1.49 bits per heavy atom. The second kappa shape index (κ2) is 21.7. The largest absolute Gasteiger partial charge is 0.504 e. The van der Waals surface area contributed by atoms with Crippen LogP contribution in [0.1, 0.15) is 53.5 Å². The molecule has 0 unspecified atom stereocenters. The molecule has 0 atom stereocenters. The van der Waals surface area contributed by atoms with Gasteiger partial charge in [0.2, 0.25) is 0 Å². The van der Waals surface area contributed by atoms with Gasteiger partial charge in [-0.1, -0.05) is 49.0 Å². The van der Waals surface area contributed by atoms with E-state index in [0.29, 0.717) is 31.1 Å². The summed E-state index contributed by atoms with van der Waals surface area (Å²) in [7, 11) is 0. The van der Waals surface area contributed by atoms with Crippen LogP contribution in [0.25, 0.3) is 0 Å². The van der Waals surface area contributed by atoms with Gasteiger partial charge in [-0.25, -0.2) is 9.59 Å². The molecule has 0 saturated heterocycles. The summed E-state index contributed by atoms with van der Waals surface area (Å²) in [6.07, 6.45) is 5.90. The van der Waals surface area contributed by atoms with Crippen LogP contribution in [0.3, 0.4) is 0 Å². The molecule has 4 rings (SSSR count). The maximum Gasteiger partial charge on any atom is 0.330 e. The molecule has 0 aliphatic carbocycles. The predicted molar refractivity (Wildman–Crippen MR) is 206 cm³/mol. The van der Waals surface area contributed by atoms with Crippen LogP contribution >= 0.6 is 23.5 Å². The molecule has 260 valence electrons. The van der Waals surface area contributed by atoms with Crippen LogP contribution in [0.5, 0.6) is 11.5 Å². The zero-order valence-corrected chi connectivity index (χ0v) is 30.0. The summed E-state index contributed by atoms with van der Waals surface area (Å²) in [4.78, 5) is 24.5. The van der Waals surface area contributed by atoms with Crippen molar-refractivity contribution in [1.29, 1.82) is 0 Å². The summed E-state index contributed by atoms with van der Waals surface area (Å²) >= 11 is 3.52. The Hall–Kier alpha value is -5.28. The minimum atomic E-state index is -0.383. The molecule has 6 nitrogen and oxygen atoms in total. The Labute approximate surface area is 309 Å². The highest BCUT2D eigenvalue weighted by Gasteiger charge is 2.05. The van der Waals surface area contributed by atoms with E-state index in [1.165, 1.54) is 17.0 Å². The third-order valence-electron chi connectivity index (χ3n) is 7.15. The lowest BCUT2D eigenvalue weighted by Gasteiger charge is -2.08. The van der Waals surface area contributed by atoms with Gasteiger partial charge >= 0.3 is 11.9 Å². The third kappa shape index (κ3) is 14.6.